The van der Waals surface area contributed by atoms with Crippen LogP contribution in [0.1, 0.15) is 0 Å². The van der Waals surface area contributed by atoms with Gasteiger partial charge in [0.25, 0.3) is 0 Å². The fraction of sp³-hybridized carbons (Fsp3) is 1.00. The van der Waals surface area contributed by atoms with E-state index in [0.29, 0.717) is 0 Å². The van der Waals surface area contributed by atoms with Crippen molar-refractivity contribution in [1.29, 1.82) is 0 Å². The molecule has 0 bridgehead atoms. The summed E-state index contributed by atoms with van der Waals surface area (Å²) in [5.41, 5.74) is 0. The summed E-state index contributed by atoms with van der Waals surface area (Å²) in [4.78, 5) is 0. The van der Waals surface area contributed by atoms with Gasteiger partial charge in [-0.1, -0.05) is 0 Å². The van der Waals surface area contributed by atoms with Crippen molar-refractivity contribution in [3.8, 4) is 0 Å². The molecule has 0 N–H and O–H groups in total. The molecule has 0 spiro atoms. The minimum Gasteiger partial charge on any atom is -0.359 e. The SMILES string of the molecule is COCOCCOS(=O)(=O)OCCOCOC. The summed E-state index contributed by atoms with van der Waals surface area (Å²) in [6, 6.07) is 0. The molecule has 0 saturated carbocycles. The van der Waals surface area contributed by atoms with Crippen LogP contribution in [-0.2, 0) is 37.7 Å². The van der Waals surface area contributed by atoms with Gasteiger partial charge in [0.2, 0.25) is 0 Å². The van der Waals surface area contributed by atoms with Crippen LogP contribution in [0.25, 0.3) is 0 Å². The highest BCUT2D eigenvalue weighted by Crippen LogP contribution is 1.96. The van der Waals surface area contributed by atoms with E-state index in [1.54, 1.807) is 0 Å². The lowest BCUT2D eigenvalue weighted by Gasteiger charge is -2.06. The van der Waals surface area contributed by atoms with Gasteiger partial charge in [-0.25, -0.2) is 8.37 Å². The van der Waals surface area contributed by atoms with Crippen molar-refractivity contribution in [3.63, 3.8) is 0 Å². The molecule has 0 radical (unpaired) electrons. The number of rotatable bonds is 12. The first-order valence-corrected chi connectivity index (χ1v) is 6.13. The zero-order valence-corrected chi connectivity index (χ0v) is 10.7. The Morgan fingerprint density at radius 3 is 1.53 bits per heavy atom. The molecule has 0 aliphatic rings. The topological polar surface area (TPSA) is 89.5 Å². The highest BCUT2D eigenvalue weighted by Gasteiger charge is 2.11. The second-order valence-corrected chi connectivity index (χ2v) is 3.97. The molecule has 0 unspecified atom stereocenters. The van der Waals surface area contributed by atoms with Crippen LogP contribution in [-0.4, -0.2) is 62.7 Å². The van der Waals surface area contributed by atoms with Gasteiger partial charge in [-0.05, 0) is 0 Å². The van der Waals surface area contributed by atoms with Crippen LogP contribution in [0.3, 0.4) is 0 Å². The van der Waals surface area contributed by atoms with E-state index >= 15 is 0 Å². The largest absolute Gasteiger partial charge is 0.400 e. The van der Waals surface area contributed by atoms with Gasteiger partial charge >= 0.3 is 10.4 Å². The van der Waals surface area contributed by atoms with Crippen molar-refractivity contribution in [1.82, 2.24) is 0 Å². The summed E-state index contributed by atoms with van der Waals surface area (Å²) in [5.74, 6) is 0. The van der Waals surface area contributed by atoms with E-state index < -0.39 is 10.4 Å². The van der Waals surface area contributed by atoms with Crippen molar-refractivity contribution in [2.45, 2.75) is 0 Å². The van der Waals surface area contributed by atoms with Crippen LogP contribution in [0.15, 0.2) is 0 Å². The van der Waals surface area contributed by atoms with Gasteiger partial charge in [-0.3, -0.25) is 0 Å². The highest BCUT2D eigenvalue weighted by molar-refractivity contribution is 7.81. The number of ether oxygens (including phenoxy) is 4. The zero-order chi connectivity index (χ0) is 13.0. The van der Waals surface area contributed by atoms with Crippen molar-refractivity contribution in [3.05, 3.63) is 0 Å². The minimum absolute atomic E-state index is 0.0785. The van der Waals surface area contributed by atoms with E-state index in [0.717, 1.165) is 0 Å². The van der Waals surface area contributed by atoms with Gasteiger partial charge < -0.3 is 18.9 Å². The maximum atomic E-state index is 11.1. The molecule has 0 heterocycles. The molecule has 8 nitrogen and oxygen atoms in total. The molecule has 0 aromatic heterocycles. The lowest BCUT2D eigenvalue weighted by Crippen LogP contribution is -2.17. The fourth-order valence-corrected chi connectivity index (χ4v) is 1.32. The first kappa shape index (κ1) is 16.7. The number of methoxy groups -OCH3 is 2. The van der Waals surface area contributed by atoms with Gasteiger partial charge in [-0.2, -0.15) is 8.42 Å². The van der Waals surface area contributed by atoms with Crippen LogP contribution in [0.4, 0.5) is 0 Å². The molecule has 17 heavy (non-hydrogen) atoms. The molecule has 0 rings (SSSR count). The summed E-state index contributed by atoms with van der Waals surface area (Å²) in [5, 5.41) is 0. The standard InChI is InChI=1S/C8H18O8S/c1-11-7-13-3-5-15-17(9,10)16-6-4-14-8-12-2/h3-8H2,1-2H3. The van der Waals surface area contributed by atoms with E-state index in [1.807, 2.05) is 0 Å². The zero-order valence-electron chi connectivity index (χ0n) is 9.92. The Hall–Kier alpha value is -0.290. The molecule has 0 fully saturated rings. The Bertz CT molecular complexity index is 232. The molecule has 104 valence electrons. The molecule has 0 amide bonds. The molecule has 0 aromatic rings. The van der Waals surface area contributed by atoms with Crippen molar-refractivity contribution in [2.24, 2.45) is 0 Å². The van der Waals surface area contributed by atoms with Crippen LogP contribution in [0.5, 0.6) is 0 Å². The second-order valence-electron chi connectivity index (χ2n) is 2.68. The molecule has 9 heteroatoms. The van der Waals surface area contributed by atoms with Crippen LogP contribution in [0, 0.1) is 0 Å². The molecule has 0 aromatic carbocycles. The van der Waals surface area contributed by atoms with E-state index in [9.17, 15) is 8.42 Å². The minimum atomic E-state index is -4.00. The number of hydrogen-bond acceptors (Lipinski definition) is 8. The van der Waals surface area contributed by atoms with Crippen molar-refractivity contribution in [2.75, 3.05) is 54.2 Å². The normalized spacial score (nSPS) is 11.9. The van der Waals surface area contributed by atoms with Gasteiger partial charge in [-0.15, -0.1) is 0 Å². The maximum Gasteiger partial charge on any atom is 0.400 e. The van der Waals surface area contributed by atoms with E-state index in [4.69, 9.17) is 9.47 Å². The van der Waals surface area contributed by atoms with E-state index in [1.165, 1.54) is 14.2 Å². The summed E-state index contributed by atoms with van der Waals surface area (Å²) < 4.78 is 49.9. The second kappa shape index (κ2) is 10.8. The van der Waals surface area contributed by atoms with Crippen molar-refractivity contribution < 1.29 is 35.7 Å². The van der Waals surface area contributed by atoms with Gasteiger partial charge in [0, 0.05) is 14.2 Å². The Morgan fingerprint density at radius 2 is 1.18 bits per heavy atom. The Kier molecular flexibility index (Phi) is 10.7. The lowest BCUT2D eigenvalue weighted by atomic mass is 10.8. The average molecular weight is 274 g/mol. The molecule has 0 aliphatic carbocycles. The van der Waals surface area contributed by atoms with Crippen molar-refractivity contribution >= 4 is 10.4 Å². The van der Waals surface area contributed by atoms with E-state index in [-0.39, 0.29) is 40.0 Å². The van der Waals surface area contributed by atoms with Gasteiger partial charge in [0.1, 0.15) is 13.6 Å². The summed E-state index contributed by atoms with van der Waals surface area (Å²) >= 11 is 0. The predicted octanol–water partition coefficient (Wildman–Crippen LogP) is -0.495. The third-order valence-electron chi connectivity index (χ3n) is 1.31. The first-order chi connectivity index (χ1) is 8.12. The third kappa shape index (κ3) is 12.0. The third-order valence-corrected chi connectivity index (χ3v) is 2.22. The fourth-order valence-electron chi connectivity index (χ4n) is 0.709. The highest BCUT2D eigenvalue weighted by atomic mass is 32.3. The summed E-state index contributed by atoms with van der Waals surface area (Å²) in [6.07, 6.45) is 0. The Balaban J connectivity index is 3.46. The Labute approximate surface area is 101 Å². The quantitative estimate of drug-likeness (QED) is 0.348. The lowest BCUT2D eigenvalue weighted by molar-refractivity contribution is -0.0438. The molecular formula is C8H18O8S. The predicted molar refractivity (Wildman–Crippen MR) is 56.5 cm³/mol. The molecule has 0 aliphatic heterocycles. The van der Waals surface area contributed by atoms with Gasteiger partial charge in [0.15, 0.2) is 0 Å². The van der Waals surface area contributed by atoms with Crippen LogP contribution in [0.2, 0.25) is 0 Å². The Morgan fingerprint density at radius 1 is 0.765 bits per heavy atom. The van der Waals surface area contributed by atoms with Crippen LogP contribution >= 0.6 is 0 Å². The molecule has 0 atom stereocenters. The molecular weight excluding hydrogens is 256 g/mol. The number of hydrogen-bond donors (Lipinski definition) is 0. The molecule has 0 saturated heterocycles. The van der Waals surface area contributed by atoms with E-state index in [2.05, 4.69) is 17.8 Å². The maximum absolute atomic E-state index is 11.1. The summed E-state index contributed by atoms with van der Waals surface area (Å²) in [7, 11) is -1.08. The summed E-state index contributed by atoms with van der Waals surface area (Å²) in [6.45, 7) is 0.0761. The monoisotopic (exact) mass is 274 g/mol. The van der Waals surface area contributed by atoms with Gasteiger partial charge in [0.05, 0.1) is 26.4 Å². The first-order valence-electron chi connectivity index (χ1n) is 4.79. The average Bonchev–Trinajstić information content (AvgIpc) is 2.28. The smallest absolute Gasteiger partial charge is 0.359 e. The van der Waals surface area contributed by atoms with Crippen LogP contribution < -0.4 is 0 Å².